The van der Waals surface area contributed by atoms with Crippen LogP contribution in [0.25, 0.3) is 17.1 Å². The predicted molar refractivity (Wildman–Crippen MR) is 119 cm³/mol. The molecule has 0 unspecified atom stereocenters. The molecular weight excluding hydrogens is 449 g/mol. The molecule has 0 saturated carbocycles. The number of halogens is 3. The van der Waals surface area contributed by atoms with E-state index >= 15 is 0 Å². The second kappa shape index (κ2) is 9.26. The van der Waals surface area contributed by atoms with Crippen LogP contribution in [0.2, 0.25) is 0 Å². The molecule has 4 rings (SSSR count). The lowest BCUT2D eigenvalue weighted by Crippen LogP contribution is -2.12. The first kappa shape index (κ1) is 22.8. The molecule has 34 heavy (non-hydrogen) atoms. The van der Waals surface area contributed by atoms with Crippen molar-refractivity contribution in [1.29, 1.82) is 0 Å². The van der Waals surface area contributed by atoms with Gasteiger partial charge < -0.3 is 14.8 Å². The SMILES string of the molecule is COc1ccc(C(=O)Nc2cccc(-n3nc(OC)nc3-c3ccc(C(F)(F)F)cc3)c2)cc1. The fraction of sp³-hybridized carbons (Fsp3) is 0.125. The topological polar surface area (TPSA) is 78.3 Å². The lowest BCUT2D eigenvalue weighted by atomic mass is 10.1. The Labute approximate surface area is 192 Å². The molecule has 4 aromatic rings. The fourth-order valence-electron chi connectivity index (χ4n) is 3.22. The molecule has 0 aliphatic rings. The number of alkyl halides is 3. The van der Waals surface area contributed by atoms with Crippen molar-refractivity contribution < 1.29 is 27.4 Å². The Morgan fingerprint density at radius 1 is 0.941 bits per heavy atom. The average Bonchev–Trinajstić information content (AvgIpc) is 3.28. The van der Waals surface area contributed by atoms with Crippen LogP contribution in [0.15, 0.2) is 72.8 Å². The smallest absolute Gasteiger partial charge is 0.416 e. The molecule has 0 saturated heterocycles. The number of amides is 1. The number of rotatable bonds is 6. The highest BCUT2D eigenvalue weighted by molar-refractivity contribution is 6.04. The molecule has 1 heterocycles. The Kier molecular flexibility index (Phi) is 6.22. The number of methoxy groups -OCH3 is 2. The van der Waals surface area contributed by atoms with E-state index in [0.29, 0.717) is 28.3 Å². The quantitative estimate of drug-likeness (QED) is 0.420. The molecule has 0 atom stereocenters. The number of anilines is 1. The van der Waals surface area contributed by atoms with Crippen LogP contribution in [-0.4, -0.2) is 34.9 Å². The molecule has 10 heteroatoms. The number of ether oxygens (including phenoxy) is 2. The summed E-state index contributed by atoms with van der Waals surface area (Å²) in [4.78, 5) is 16.9. The minimum absolute atomic E-state index is 0.0440. The van der Waals surface area contributed by atoms with Crippen molar-refractivity contribution in [2.45, 2.75) is 6.18 Å². The first-order valence-corrected chi connectivity index (χ1v) is 10.0. The Morgan fingerprint density at radius 3 is 2.26 bits per heavy atom. The summed E-state index contributed by atoms with van der Waals surface area (Å²) >= 11 is 0. The van der Waals surface area contributed by atoms with Crippen molar-refractivity contribution in [1.82, 2.24) is 14.8 Å². The van der Waals surface area contributed by atoms with Gasteiger partial charge in [0.05, 0.1) is 25.5 Å². The minimum Gasteiger partial charge on any atom is -0.497 e. The Balaban J connectivity index is 1.64. The maximum atomic E-state index is 12.9. The first-order valence-electron chi connectivity index (χ1n) is 10.0. The standard InChI is InChI=1S/C24H19F3N4O3/c1-33-20-12-8-16(9-13-20)22(32)28-18-4-3-5-19(14-18)31-21(29-23(30-31)34-2)15-6-10-17(11-7-15)24(25,26)27/h3-14H,1-2H3,(H,28,32). The first-order chi connectivity index (χ1) is 16.3. The van der Waals surface area contributed by atoms with Crippen molar-refractivity contribution in [3.8, 4) is 28.8 Å². The highest BCUT2D eigenvalue weighted by Gasteiger charge is 2.30. The van der Waals surface area contributed by atoms with E-state index in [4.69, 9.17) is 9.47 Å². The van der Waals surface area contributed by atoms with Crippen LogP contribution in [-0.2, 0) is 6.18 Å². The van der Waals surface area contributed by atoms with Crippen molar-refractivity contribution >= 4 is 11.6 Å². The van der Waals surface area contributed by atoms with Crippen molar-refractivity contribution in [3.63, 3.8) is 0 Å². The van der Waals surface area contributed by atoms with Gasteiger partial charge in [0.1, 0.15) is 5.75 Å². The third kappa shape index (κ3) is 4.85. The summed E-state index contributed by atoms with van der Waals surface area (Å²) in [5.41, 5.74) is 1.11. The van der Waals surface area contributed by atoms with Crippen LogP contribution in [0.3, 0.4) is 0 Å². The number of aromatic nitrogens is 3. The molecule has 0 spiro atoms. The molecule has 1 amide bonds. The van der Waals surface area contributed by atoms with Gasteiger partial charge in [0.2, 0.25) is 0 Å². The van der Waals surface area contributed by atoms with Gasteiger partial charge in [-0.15, -0.1) is 5.10 Å². The van der Waals surface area contributed by atoms with E-state index in [9.17, 15) is 18.0 Å². The number of nitrogens with one attached hydrogen (secondary N) is 1. The van der Waals surface area contributed by atoms with E-state index in [2.05, 4.69) is 15.4 Å². The maximum absolute atomic E-state index is 12.9. The Morgan fingerprint density at radius 2 is 1.65 bits per heavy atom. The van der Waals surface area contributed by atoms with Gasteiger partial charge in [-0.25, -0.2) is 4.68 Å². The molecule has 3 aromatic carbocycles. The number of carbonyl (C=O) groups is 1. The van der Waals surface area contributed by atoms with Gasteiger partial charge in [-0.3, -0.25) is 4.79 Å². The second-order valence-corrected chi connectivity index (χ2v) is 7.14. The lowest BCUT2D eigenvalue weighted by molar-refractivity contribution is -0.137. The third-order valence-corrected chi connectivity index (χ3v) is 4.94. The monoisotopic (exact) mass is 468 g/mol. The zero-order valence-electron chi connectivity index (χ0n) is 18.1. The minimum atomic E-state index is -4.44. The van der Waals surface area contributed by atoms with E-state index in [1.165, 1.54) is 23.9 Å². The van der Waals surface area contributed by atoms with Crippen molar-refractivity contribution in [2.24, 2.45) is 0 Å². The van der Waals surface area contributed by atoms with Gasteiger partial charge in [-0.05, 0) is 54.6 Å². The summed E-state index contributed by atoms with van der Waals surface area (Å²) in [5, 5.41) is 7.09. The fourth-order valence-corrected chi connectivity index (χ4v) is 3.22. The van der Waals surface area contributed by atoms with Gasteiger partial charge in [0.15, 0.2) is 5.82 Å². The molecule has 0 radical (unpaired) electrons. The van der Waals surface area contributed by atoms with Crippen LogP contribution < -0.4 is 14.8 Å². The Bertz CT molecular complexity index is 1300. The van der Waals surface area contributed by atoms with Crippen LogP contribution in [0, 0.1) is 0 Å². The molecule has 7 nitrogen and oxygen atoms in total. The van der Waals surface area contributed by atoms with Gasteiger partial charge in [0, 0.05) is 16.8 Å². The summed E-state index contributed by atoms with van der Waals surface area (Å²) in [6.45, 7) is 0. The number of hydrogen-bond acceptors (Lipinski definition) is 5. The zero-order chi connectivity index (χ0) is 24.3. The summed E-state index contributed by atoms with van der Waals surface area (Å²) < 4.78 is 50.5. The molecule has 0 bridgehead atoms. The van der Waals surface area contributed by atoms with Gasteiger partial charge in [-0.2, -0.15) is 18.2 Å². The van der Waals surface area contributed by atoms with Gasteiger partial charge in [0.25, 0.3) is 5.91 Å². The van der Waals surface area contributed by atoms with E-state index in [-0.39, 0.29) is 17.7 Å². The van der Waals surface area contributed by atoms with E-state index in [0.717, 1.165) is 12.1 Å². The Hall–Kier alpha value is -4.34. The summed E-state index contributed by atoms with van der Waals surface area (Å²) in [7, 11) is 2.93. The highest BCUT2D eigenvalue weighted by atomic mass is 19.4. The largest absolute Gasteiger partial charge is 0.497 e. The van der Waals surface area contributed by atoms with Gasteiger partial charge >= 0.3 is 12.2 Å². The summed E-state index contributed by atoms with van der Waals surface area (Å²) in [6, 6.07) is 18.1. The molecule has 0 aliphatic heterocycles. The number of carbonyl (C=O) groups excluding carboxylic acids is 1. The number of benzene rings is 3. The van der Waals surface area contributed by atoms with Crippen LogP contribution in [0.1, 0.15) is 15.9 Å². The van der Waals surface area contributed by atoms with Crippen LogP contribution >= 0.6 is 0 Å². The van der Waals surface area contributed by atoms with Gasteiger partial charge in [-0.1, -0.05) is 18.2 Å². The summed E-state index contributed by atoms with van der Waals surface area (Å²) in [6.07, 6.45) is -4.44. The zero-order valence-corrected chi connectivity index (χ0v) is 18.1. The van der Waals surface area contributed by atoms with Crippen molar-refractivity contribution in [2.75, 3.05) is 19.5 Å². The van der Waals surface area contributed by atoms with E-state index in [1.807, 2.05) is 0 Å². The number of nitrogens with zero attached hydrogens (tertiary/aromatic N) is 3. The molecular formula is C24H19F3N4O3. The summed E-state index contributed by atoms with van der Waals surface area (Å²) in [5.74, 6) is 0.595. The second-order valence-electron chi connectivity index (χ2n) is 7.14. The maximum Gasteiger partial charge on any atom is 0.416 e. The van der Waals surface area contributed by atoms with Crippen LogP contribution in [0.5, 0.6) is 11.8 Å². The lowest BCUT2D eigenvalue weighted by Gasteiger charge is -2.10. The molecule has 1 aromatic heterocycles. The van der Waals surface area contributed by atoms with Crippen molar-refractivity contribution in [3.05, 3.63) is 83.9 Å². The molecule has 0 fully saturated rings. The normalized spacial score (nSPS) is 11.2. The molecule has 0 aliphatic carbocycles. The predicted octanol–water partition coefficient (Wildman–Crippen LogP) is 5.22. The van der Waals surface area contributed by atoms with E-state index in [1.54, 1.807) is 55.6 Å². The molecule has 174 valence electrons. The molecule has 1 N–H and O–H groups in total. The van der Waals surface area contributed by atoms with E-state index < -0.39 is 11.7 Å². The third-order valence-electron chi connectivity index (χ3n) is 4.94. The highest BCUT2D eigenvalue weighted by Crippen LogP contribution is 2.31. The van der Waals surface area contributed by atoms with Crippen LogP contribution in [0.4, 0.5) is 18.9 Å². The average molecular weight is 468 g/mol. The number of hydrogen-bond donors (Lipinski definition) is 1.